The number of urea groups is 2. The van der Waals surface area contributed by atoms with E-state index in [1.165, 1.54) is 0 Å². The number of hydrogen-bond donors (Lipinski definition) is 2. The van der Waals surface area contributed by atoms with E-state index in [-0.39, 0.29) is 0 Å². The number of nitrogens with zero attached hydrogens (tertiary/aromatic N) is 1. The normalized spacial score (nSPS) is 23.7. The predicted octanol–water partition coefficient (Wildman–Crippen LogP) is -1.18. The molecule has 1 aliphatic rings. The molecule has 1 heterocycles. The van der Waals surface area contributed by atoms with Gasteiger partial charge in [-0.15, -0.1) is 0 Å². The molecule has 59 valence electrons. The summed E-state index contributed by atoms with van der Waals surface area (Å²) in [6.07, 6.45) is 0. The van der Waals surface area contributed by atoms with Crippen LogP contribution >= 0.6 is 0 Å². The van der Waals surface area contributed by atoms with Crippen LogP contribution in [0.5, 0.6) is 0 Å². The zero-order valence-corrected chi connectivity index (χ0v) is 5.53. The van der Waals surface area contributed by atoms with E-state index in [9.17, 15) is 14.4 Å². The number of nitrogens with one attached hydrogen (secondary N) is 1. The zero-order valence-electron chi connectivity index (χ0n) is 5.53. The minimum atomic E-state index is -1.08. The molecule has 1 radical (unpaired) electrons. The number of nitrogens with two attached hydrogens (primary N) is 1. The Kier molecular flexibility index (Phi) is 1.52. The lowest BCUT2D eigenvalue weighted by Crippen LogP contribution is -2.41. The number of hydrogen-bond acceptors (Lipinski definition) is 3. The summed E-state index contributed by atoms with van der Waals surface area (Å²) >= 11 is 0. The third-order valence-electron chi connectivity index (χ3n) is 1.24. The second-order valence-electron chi connectivity index (χ2n) is 2.01. The molecule has 5 amide bonds. The van der Waals surface area contributed by atoms with Crippen LogP contribution in [-0.4, -0.2) is 28.9 Å². The smallest absolute Gasteiger partial charge is 0.333 e. The molecule has 0 aromatic carbocycles. The molecule has 0 spiro atoms. The van der Waals surface area contributed by atoms with Crippen LogP contribution in [0, 0.1) is 6.92 Å². The maximum absolute atomic E-state index is 10.8. The Bertz CT molecular complexity index is 237. The first-order chi connectivity index (χ1) is 5.04. The molecule has 1 unspecified atom stereocenters. The first kappa shape index (κ1) is 7.52. The highest BCUT2D eigenvalue weighted by molar-refractivity contribution is 6.15. The molecular formula is C5H6N3O3. The summed E-state index contributed by atoms with van der Waals surface area (Å²) in [6, 6.07) is -2.81. The van der Waals surface area contributed by atoms with Crippen LogP contribution < -0.4 is 11.1 Å². The Hall–Kier alpha value is -1.59. The van der Waals surface area contributed by atoms with E-state index < -0.39 is 24.0 Å². The van der Waals surface area contributed by atoms with Crippen LogP contribution in [0.2, 0.25) is 0 Å². The topological polar surface area (TPSA) is 92.5 Å². The van der Waals surface area contributed by atoms with Crippen molar-refractivity contribution in [1.82, 2.24) is 10.2 Å². The summed E-state index contributed by atoms with van der Waals surface area (Å²) < 4.78 is 0. The summed E-state index contributed by atoms with van der Waals surface area (Å²) in [7, 11) is 0. The van der Waals surface area contributed by atoms with E-state index in [0.29, 0.717) is 4.90 Å². The van der Waals surface area contributed by atoms with Crippen molar-refractivity contribution in [3.63, 3.8) is 0 Å². The van der Waals surface area contributed by atoms with Crippen molar-refractivity contribution in [2.75, 3.05) is 0 Å². The summed E-state index contributed by atoms with van der Waals surface area (Å²) in [6.45, 7) is 3.27. The fourth-order valence-corrected chi connectivity index (χ4v) is 0.740. The highest BCUT2D eigenvalue weighted by Gasteiger charge is 2.38. The van der Waals surface area contributed by atoms with Gasteiger partial charge in [-0.25, -0.2) is 9.59 Å². The van der Waals surface area contributed by atoms with Crippen molar-refractivity contribution >= 4 is 18.0 Å². The van der Waals surface area contributed by atoms with Crippen LogP contribution in [0.4, 0.5) is 9.59 Å². The molecular weight excluding hydrogens is 150 g/mol. The average Bonchev–Trinajstić information content (AvgIpc) is 2.07. The molecule has 1 saturated heterocycles. The number of primary amides is 1. The molecule has 0 aliphatic carbocycles. The lowest BCUT2D eigenvalue weighted by Gasteiger charge is -2.04. The molecule has 1 fully saturated rings. The van der Waals surface area contributed by atoms with Gasteiger partial charge in [0.1, 0.15) is 6.04 Å². The molecule has 0 aromatic heterocycles. The van der Waals surface area contributed by atoms with E-state index in [1.54, 1.807) is 0 Å². The third kappa shape index (κ3) is 1.02. The standard InChI is InChI=1S/C5H6N3O3/c1-2-3(9)8(4(6)10)5(11)7-2/h2H,1H2,(H2,6,10)(H,7,11). The first-order valence-corrected chi connectivity index (χ1v) is 2.81. The van der Waals surface area contributed by atoms with E-state index >= 15 is 0 Å². The van der Waals surface area contributed by atoms with Crippen molar-refractivity contribution in [2.24, 2.45) is 5.73 Å². The largest absolute Gasteiger partial charge is 0.351 e. The van der Waals surface area contributed by atoms with Crippen LogP contribution in [0.15, 0.2) is 0 Å². The Labute approximate surface area is 62.3 Å². The lowest BCUT2D eigenvalue weighted by molar-refractivity contribution is -0.124. The van der Waals surface area contributed by atoms with Crippen LogP contribution in [0.1, 0.15) is 0 Å². The zero-order chi connectivity index (χ0) is 8.59. The van der Waals surface area contributed by atoms with E-state index in [1.807, 2.05) is 0 Å². The molecule has 0 aromatic rings. The highest BCUT2D eigenvalue weighted by atomic mass is 16.2. The fraction of sp³-hybridized carbons (Fsp3) is 0.200. The second-order valence-corrected chi connectivity index (χ2v) is 2.01. The number of amides is 5. The molecule has 1 rings (SSSR count). The number of carbonyl (C=O) groups is 3. The maximum Gasteiger partial charge on any atom is 0.333 e. The number of imide groups is 3. The monoisotopic (exact) mass is 156 g/mol. The summed E-state index contributed by atoms with van der Waals surface area (Å²) in [5.41, 5.74) is 4.72. The SMILES string of the molecule is [CH2]C1NC(=O)N(C(N)=O)C1=O. The third-order valence-corrected chi connectivity index (χ3v) is 1.24. The van der Waals surface area contributed by atoms with Gasteiger partial charge in [0.25, 0.3) is 5.91 Å². The van der Waals surface area contributed by atoms with Gasteiger partial charge in [-0.3, -0.25) is 4.79 Å². The van der Waals surface area contributed by atoms with Gasteiger partial charge in [0.2, 0.25) is 0 Å². The van der Waals surface area contributed by atoms with Crippen molar-refractivity contribution in [3.05, 3.63) is 6.92 Å². The van der Waals surface area contributed by atoms with Gasteiger partial charge in [-0.2, -0.15) is 4.90 Å². The van der Waals surface area contributed by atoms with E-state index in [4.69, 9.17) is 5.73 Å². The molecule has 3 N–H and O–H groups in total. The fourth-order valence-electron chi connectivity index (χ4n) is 0.740. The van der Waals surface area contributed by atoms with Crippen LogP contribution in [0.3, 0.4) is 0 Å². The number of carbonyl (C=O) groups excluding carboxylic acids is 3. The lowest BCUT2D eigenvalue weighted by atomic mass is 10.3. The van der Waals surface area contributed by atoms with Crippen LogP contribution in [-0.2, 0) is 4.79 Å². The Morgan fingerprint density at radius 2 is 2.18 bits per heavy atom. The van der Waals surface area contributed by atoms with Crippen molar-refractivity contribution in [1.29, 1.82) is 0 Å². The van der Waals surface area contributed by atoms with E-state index in [0.717, 1.165) is 0 Å². The van der Waals surface area contributed by atoms with Crippen LogP contribution in [0.25, 0.3) is 0 Å². The minimum Gasteiger partial charge on any atom is -0.351 e. The summed E-state index contributed by atoms with van der Waals surface area (Å²) in [5.74, 6) is -0.720. The first-order valence-electron chi connectivity index (χ1n) is 2.81. The Morgan fingerprint density at radius 1 is 1.64 bits per heavy atom. The molecule has 6 nitrogen and oxygen atoms in total. The summed E-state index contributed by atoms with van der Waals surface area (Å²) in [4.78, 5) is 32.2. The Balaban J connectivity index is 2.88. The average molecular weight is 156 g/mol. The van der Waals surface area contributed by atoms with Crippen molar-refractivity contribution in [2.45, 2.75) is 6.04 Å². The van der Waals surface area contributed by atoms with E-state index in [2.05, 4.69) is 12.2 Å². The van der Waals surface area contributed by atoms with Gasteiger partial charge in [0, 0.05) is 0 Å². The van der Waals surface area contributed by atoms with Crippen molar-refractivity contribution in [3.8, 4) is 0 Å². The van der Waals surface area contributed by atoms with Gasteiger partial charge in [0.05, 0.1) is 0 Å². The van der Waals surface area contributed by atoms with Gasteiger partial charge in [-0.05, 0) is 6.92 Å². The highest BCUT2D eigenvalue weighted by Crippen LogP contribution is 2.03. The second kappa shape index (κ2) is 2.22. The Morgan fingerprint density at radius 3 is 2.36 bits per heavy atom. The van der Waals surface area contributed by atoms with Crippen molar-refractivity contribution < 1.29 is 14.4 Å². The van der Waals surface area contributed by atoms with Gasteiger partial charge < -0.3 is 11.1 Å². The quantitative estimate of drug-likeness (QED) is 0.432. The molecule has 1 atom stereocenters. The van der Waals surface area contributed by atoms with Gasteiger partial charge in [0.15, 0.2) is 0 Å². The molecule has 1 aliphatic heterocycles. The molecule has 11 heavy (non-hydrogen) atoms. The number of rotatable bonds is 0. The predicted molar refractivity (Wildman–Crippen MR) is 34.1 cm³/mol. The molecule has 0 saturated carbocycles. The minimum absolute atomic E-state index is 0.317. The van der Waals surface area contributed by atoms with Gasteiger partial charge >= 0.3 is 12.1 Å². The molecule has 0 bridgehead atoms. The molecule has 6 heteroatoms. The van der Waals surface area contributed by atoms with Gasteiger partial charge in [-0.1, -0.05) is 0 Å². The maximum atomic E-state index is 10.8. The summed E-state index contributed by atoms with van der Waals surface area (Å²) in [5, 5.41) is 2.12.